The number of carbonyl (C=O) groups excluding carboxylic acids is 1. The van der Waals surface area contributed by atoms with Crippen LogP contribution in [-0.4, -0.2) is 54.1 Å². The Kier molecular flexibility index (Phi) is 3.05. The third-order valence-corrected chi connectivity index (χ3v) is 3.66. The fourth-order valence-corrected chi connectivity index (χ4v) is 2.89. The Morgan fingerprint density at radius 2 is 2.31 bits per heavy atom. The first-order valence-corrected chi connectivity index (χ1v) is 5.51. The Labute approximate surface area is 94.4 Å². The highest BCUT2D eigenvalue weighted by Crippen LogP contribution is 2.41. The Bertz CT molecular complexity index is 288. The molecule has 2 rings (SSSR count). The summed E-state index contributed by atoms with van der Waals surface area (Å²) < 4.78 is 10.3. The van der Waals surface area contributed by atoms with Crippen molar-refractivity contribution in [1.29, 1.82) is 0 Å². The minimum absolute atomic E-state index is 0.00148. The van der Waals surface area contributed by atoms with E-state index in [-0.39, 0.29) is 24.2 Å². The molecule has 1 aliphatic heterocycles. The molecule has 16 heavy (non-hydrogen) atoms. The average Bonchev–Trinajstić information content (AvgIpc) is 2.57. The molecule has 0 spiro atoms. The highest BCUT2D eigenvalue weighted by Gasteiger charge is 2.55. The van der Waals surface area contributed by atoms with Crippen LogP contribution in [0.25, 0.3) is 0 Å². The van der Waals surface area contributed by atoms with Crippen molar-refractivity contribution < 1.29 is 24.5 Å². The van der Waals surface area contributed by atoms with Crippen LogP contribution in [0.4, 0.5) is 0 Å². The van der Waals surface area contributed by atoms with Crippen LogP contribution in [0.5, 0.6) is 0 Å². The van der Waals surface area contributed by atoms with Gasteiger partial charge in [0, 0.05) is 13.7 Å². The monoisotopic (exact) mass is 230 g/mol. The zero-order valence-corrected chi connectivity index (χ0v) is 9.55. The summed E-state index contributed by atoms with van der Waals surface area (Å²) in [6, 6.07) is 0. The second kappa shape index (κ2) is 4.07. The normalized spacial score (nSPS) is 48.1. The molecule has 1 saturated carbocycles. The predicted molar refractivity (Wildman–Crippen MR) is 54.9 cm³/mol. The number of hydrogen-bond donors (Lipinski definition) is 2. The average molecular weight is 230 g/mol. The maximum absolute atomic E-state index is 11.7. The maximum Gasteiger partial charge on any atom is 0.164 e. The topological polar surface area (TPSA) is 76.0 Å². The zero-order valence-electron chi connectivity index (χ0n) is 9.55. The second-order valence-electron chi connectivity index (χ2n) is 4.99. The van der Waals surface area contributed by atoms with E-state index in [1.54, 1.807) is 14.0 Å². The van der Waals surface area contributed by atoms with Gasteiger partial charge in [-0.25, -0.2) is 0 Å². The Balaban J connectivity index is 2.23. The predicted octanol–water partition coefficient (Wildman–Crippen LogP) is -0.651. The van der Waals surface area contributed by atoms with Crippen molar-refractivity contribution in [3.05, 3.63) is 0 Å². The van der Waals surface area contributed by atoms with Gasteiger partial charge in [-0.2, -0.15) is 0 Å². The van der Waals surface area contributed by atoms with E-state index in [9.17, 15) is 15.0 Å². The number of aliphatic hydroxyl groups is 2. The fourth-order valence-electron chi connectivity index (χ4n) is 2.89. The van der Waals surface area contributed by atoms with Crippen molar-refractivity contribution in [2.24, 2.45) is 11.8 Å². The molecule has 0 aromatic heterocycles. The summed E-state index contributed by atoms with van der Waals surface area (Å²) in [6.45, 7) is 2.00. The lowest BCUT2D eigenvalue weighted by Crippen LogP contribution is -2.57. The minimum Gasteiger partial charge on any atom is -0.387 e. The van der Waals surface area contributed by atoms with Gasteiger partial charge in [0.05, 0.1) is 17.6 Å². The molecule has 0 radical (unpaired) electrons. The third-order valence-electron chi connectivity index (χ3n) is 3.66. The highest BCUT2D eigenvalue weighted by molar-refractivity contribution is 5.85. The summed E-state index contributed by atoms with van der Waals surface area (Å²) in [6.07, 6.45) is -1.23. The number of rotatable bonds is 2. The molecule has 5 atom stereocenters. The van der Waals surface area contributed by atoms with Crippen LogP contribution in [-0.2, 0) is 14.3 Å². The zero-order chi connectivity index (χ0) is 11.9. The lowest BCUT2D eigenvalue weighted by molar-refractivity contribution is -0.175. The van der Waals surface area contributed by atoms with Gasteiger partial charge < -0.3 is 19.7 Å². The number of ketones is 1. The van der Waals surface area contributed by atoms with Crippen LogP contribution in [0.1, 0.15) is 13.3 Å². The Morgan fingerprint density at radius 1 is 1.62 bits per heavy atom. The molecular weight excluding hydrogens is 212 g/mol. The summed E-state index contributed by atoms with van der Waals surface area (Å²) in [5.41, 5.74) is -1.21. The molecule has 0 aromatic carbocycles. The van der Waals surface area contributed by atoms with E-state index in [0.29, 0.717) is 13.0 Å². The van der Waals surface area contributed by atoms with Crippen molar-refractivity contribution in [2.45, 2.75) is 31.2 Å². The van der Waals surface area contributed by atoms with Crippen molar-refractivity contribution in [3.8, 4) is 0 Å². The van der Waals surface area contributed by atoms with Gasteiger partial charge >= 0.3 is 0 Å². The van der Waals surface area contributed by atoms with Gasteiger partial charge in [0.1, 0.15) is 12.7 Å². The van der Waals surface area contributed by atoms with Crippen LogP contribution >= 0.6 is 0 Å². The molecule has 5 heteroatoms. The molecular formula is C11H18O5. The molecule has 2 fully saturated rings. The van der Waals surface area contributed by atoms with E-state index >= 15 is 0 Å². The van der Waals surface area contributed by atoms with Crippen LogP contribution < -0.4 is 0 Å². The first-order valence-electron chi connectivity index (χ1n) is 5.51. The summed E-state index contributed by atoms with van der Waals surface area (Å²) in [4.78, 5) is 11.7. The molecule has 2 N–H and O–H groups in total. The number of aliphatic hydroxyl groups excluding tert-OH is 1. The van der Waals surface area contributed by atoms with Gasteiger partial charge in [0.25, 0.3) is 0 Å². The maximum atomic E-state index is 11.7. The van der Waals surface area contributed by atoms with Crippen LogP contribution in [0.15, 0.2) is 0 Å². The van der Waals surface area contributed by atoms with E-state index in [1.165, 1.54) is 0 Å². The third kappa shape index (κ3) is 1.78. The summed E-state index contributed by atoms with van der Waals surface area (Å²) >= 11 is 0. The molecule has 0 unspecified atom stereocenters. The molecule has 92 valence electrons. The highest BCUT2D eigenvalue weighted by atomic mass is 16.5. The van der Waals surface area contributed by atoms with Crippen LogP contribution in [0.3, 0.4) is 0 Å². The molecule has 1 heterocycles. The van der Waals surface area contributed by atoms with E-state index in [4.69, 9.17) is 9.47 Å². The van der Waals surface area contributed by atoms with E-state index in [1.807, 2.05) is 0 Å². The van der Waals surface area contributed by atoms with Crippen molar-refractivity contribution in [3.63, 3.8) is 0 Å². The molecule has 5 nitrogen and oxygen atoms in total. The lowest BCUT2D eigenvalue weighted by Gasteiger charge is -2.44. The quantitative estimate of drug-likeness (QED) is 0.659. The van der Waals surface area contributed by atoms with Crippen LogP contribution in [0, 0.1) is 11.8 Å². The molecule has 0 amide bonds. The van der Waals surface area contributed by atoms with Gasteiger partial charge in [-0.05, 0) is 19.3 Å². The smallest absolute Gasteiger partial charge is 0.164 e. The second-order valence-corrected chi connectivity index (χ2v) is 4.99. The van der Waals surface area contributed by atoms with Gasteiger partial charge in [-0.1, -0.05) is 0 Å². The molecule has 0 aromatic rings. The van der Waals surface area contributed by atoms with Crippen LogP contribution in [0.2, 0.25) is 0 Å². The first kappa shape index (κ1) is 12.0. The summed E-state index contributed by atoms with van der Waals surface area (Å²) in [5, 5.41) is 20.0. The largest absolute Gasteiger partial charge is 0.387 e. The lowest BCUT2D eigenvalue weighted by atomic mass is 9.68. The van der Waals surface area contributed by atoms with Gasteiger partial charge in [0.2, 0.25) is 0 Å². The molecule has 2 aliphatic rings. The number of hydrogen-bond acceptors (Lipinski definition) is 5. The number of ether oxygens (including phenoxy) is 2. The van der Waals surface area contributed by atoms with Gasteiger partial charge in [-0.15, -0.1) is 0 Å². The SMILES string of the molecule is COC[C@@H]1C[C@@](C)(O)[C@@H](O)[C@H]2OCC(=O)[C@@H]12. The van der Waals surface area contributed by atoms with E-state index in [0.717, 1.165) is 0 Å². The van der Waals surface area contributed by atoms with Gasteiger partial charge in [0.15, 0.2) is 5.78 Å². The summed E-state index contributed by atoms with van der Waals surface area (Å²) in [5.74, 6) is -0.417. The number of Topliss-reactive ketones (excluding diaryl/α,β-unsaturated/α-hetero) is 1. The minimum atomic E-state index is -1.21. The summed E-state index contributed by atoms with van der Waals surface area (Å²) in [7, 11) is 1.56. The standard InChI is InChI=1S/C11H18O5/c1-11(14)3-6(4-15-2)8-7(12)5-16-9(8)10(11)13/h6,8-10,13-14H,3-5H2,1-2H3/t6-,8+,9-,10-,11+/m0/s1. The van der Waals surface area contributed by atoms with Crippen molar-refractivity contribution in [2.75, 3.05) is 20.3 Å². The number of fused-ring (bicyclic) bond motifs is 1. The van der Waals surface area contributed by atoms with Gasteiger partial charge in [-0.3, -0.25) is 4.79 Å². The van der Waals surface area contributed by atoms with E-state index < -0.39 is 17.8 Å². The molecule has 0 bridgehead atoms. The molecule has 1 aliphatic carbocycles. The Hall–Kier alpha value is -0.490. The Morgan fingerprint density at radius 3 is 2.94 bits per heavy atom. The van der Waals surface area contributed by atoms with Crippen molar-refractivity contribution in [1.82, 2.24) is 0 Å². The first-order chi connectivity index (χ1) is 7.47. The van der Waals surface area contributed by atoms with Crippen molar-refractivity contribution >= 4 is 5.78 Å². The molecule has 1 saturated heterocycles. The van der Waals surface area contributed by atoms with E-state index in [2.05, 4.69) is 0 Å². The fraction of sp³-hybridized carbons (Fsp3) is 0.909. The number of methoxy groups -OCH3 is 1. The number of carbonyl (C=O) groups is 1.